The third-order valence-electron chi connectivity index (χ3n) is 4.83. The summed E-state index contributed by atoms with van der Waals surface area (Å²) in [6, 6.07) is 6.72. The zero-order valence-corrected chi connectivity index (χ0v) is 15.5. The first-order chi connectivity index (χ1) is 12.3. The van der Waals surface area contributed by atoms with Crippen molar-refractivity contribution in [1.29, 1.82) is 0 Å². The summed E-state index contributed by atoms with van der Waals surface area (Å²) in [6.45, 7) is 4.39. The molecule has 3 rings (SSSR count). The highest BCUT2D eigenvalue weighted by Gasteiger charge is 2.14. The summed E-state index contributed by atoms with van der Waals surface area (Å²) in [4.78, 5) is 0. The number of allylic oxidation sites excluding steroid dienone is 9. The summed E-state index contributed by atoms with van der Waals surface area (Å²) in [5.41, 5.74) is 8.08. The van der Waals surface area contributed by atoms with E-state index in [2.05, 4.69) is 80.0 Å². The van der Waals surface area contributed by atoms with Gasteiger partial charge in [0.15, 0.2) is 0 Å². The highest BCUT2D eigenvalue weighted by atomic mass is 14.8. The van der Waals surface area contributed by atoms with Crippen LogP contribution < -0.4 is 5.32 Å². The van der Waals surface area contributed by atoms with E-state index in [-0.39, 0.29) is 0 Å². The van der Waals surface area contributed by atoms with E-state index in [4.69, 9.17) is 0 Å². The maximum atomic E-state index is 3.57. The monoisotopic (exact) mass is 331 g/mol. The van der Waals surface area contributed by atoms with Crippen molar-refractivity contribution in [3.05, 3.63) is 83.1 Å². The number of hydrogen-bond donors (Lipinski definition) is 1. The Kier molecular flexibility index (Phi) is 6.11. The van der Waals surface area contributed by atoms with Crippen LogP contribution in [0.5, 0.6) is 0 Å². The van der Waals surface area contributed by atoms with Crippen LogP contribution in [0.3, 0.4) is 0 Å². The van der Waals surface area contributed by atoms with Gasteiger partial charge < -0.3 is 5.32 Å². The predicted molar refractivity (Wildman–Crippen MR) is 111 cm³/mol. The van der Waals surface area contributed by atoms with Gasteiger partial charge in [-0.25, -0.2) is 0 Å². The van der Waals surface area contributed by atoms with Crippen molar-refractivity contribution in [2.45, 2.75) is 52.4 Å². The molecule has 1 N–H and O–H groups in total. The van der Waals surface area contributed by atoms with E-state index < -0.39 is 0 Å². The molecule has 1 aromatic carbocycles. The van der Waals surface area contributed by atoms with E-state index in [9.17, 15) is 0 Å². The van der Waals surface area contributed by atoms with E-state index in [0.29, 0.717) is 0 Å². The van der Waals surface area contributed by atoms with Crippen LogP contribution in [0.4, 0.5) is 5.69 Å². The van der Waals surface area contributed by atoms with Crippen molar-refractivity contribution in [2.75, 3.05) is 5.32 Å². The average Bonchev–Trinajstić information content (AvgIpc) is 2.66. The Hall–Kier alpha value is -2.28. The molecule has 1 heterocycles. The normalized spacial score (nSPS) is 21.0. The zero-order chi connectivity index (χ0) is 17.5. The second-order valence-electron chi connectivity index (χ2n) is 6.93. The Labute approximate surface area is 152 Å². The molecule has 0 saturated heterocycles. The summed E-state index contributed by atoms with van der Waals surface area (Å²) >= 11 is 0. The molecule has 0 bridgehead atoms. The maximum absolute atomic E-state index is 3.57. The number of nitrogens with one attached hydrogen (secondary N) is 1. The second-order valence-corrected chi connectivity index (χ2v) is 6.93. The third-order valence-corrected chi connectivity index (χ3v) is 4.83. The Morgan fingerprint density at radius 1 is 1.08 bits per heavy atom. The molecular weight excluding hydrogens is 302 g/mol. The Morgan fingerprint density at radius 3 is 2.68 bits per heavy atom. The van der Waals surface area contributed by atoms with Crippen LogP contribution >= 0.6 is 0 Å². The Morgan fingerprint density at radius 2 is 1.88 bits per heavy atom. The van der Waals surface area contributed by atoms with Crippen LogP contribution in [-0.4, -0.2) is 0 Å². The highest BCUT2D eigenvalue weighted by molar-refractivity contribution is 5.85. The number of aryl methyl sites for hydroxylation is 1. The maximum Gasteiger partial charge on any atom is 0.0459 e. The first-order valence-corrected chi connectivity index (χ1v) is 9.57. The minimum Gasteiger partial charge on any atom is -0.361 e. The summed E-state index contributed by atoms with van der Waals surface area (Å²) in [7, 11) is 0. The number of anilines is 1. The molecular formula is C24H29N. The number of benzene rings is 1. The van der Waals surface area contributed by atoms with Crippen molar-refractivity contribution < 1.29 is 0 Å². The van der Waals surface area contributed by atoms with E-state index in [1.807, 2.05) is 0 Å². The molecule has 0 saturated carbocycles. The van der Waals surface area contributed by atoms with Crippen LogP contribution in [-0.2, 0) is 0 Å². The number of hydrogen-bond acceptors (Lipinski definition) is 1. The fraction of sp³-hybridized carbons (Fsp3) is 0.333. The van der Waals surface area contributed by atoms with Crippen molar-refractivity contribution in [2.24, 2.45) is 0 Å². The minimum absolute atomic E-state index is 1.10. The van der Waals surface area contributed by atoms with Gasteiger partial charge in [0, 0.05) is 17.5 Å². The zero-order valence-electron chi connectivity index (χ0n) is 15.5. The number of fused-ring (bicyclic) bond motifs is 2. The fourth-order valence-electron chi connectivity index (χ4n) is 3.43. The largest absolute Gasteiger partial charge is 0.361 e. The van der Waals surface area contributed by atoms with Crippen LogP contribution in [0.2, 0.25) is 0 Å². The molecule has 0 spiro atoms. The van der Waals surface area contributed by atoms with Crippen molar-refractivity contribution in [1.82, 2.24) is 0 Å². The van der Waals surface area contributed by atoms with Gasteiger partial charge in [-0.2, -0.15) is 0 Å². The second kappa shape index (κ2) is 8.71. The Bertz CT molecular complexity index is 756. The quantitative estimate of drug-likeness (QED) is 0.622. The minimum atomic E-state index is 1.10. The van der Waals surface area contributed by atoms with Crippen molar-refractivity contribution >= 4 is 11.3 Å². The molecule has 130 valence electrons. The molecule has 25 heavy (non-hydrogen) atoms. The van der Waals surface area contributed by atoms with Crippen molar-refractivity contribution in [3.8, 4) is 0 Å². The molecule has 1 nitrogen and oxygen atoms in total. The van der Waals surface area contributed by atoms with Gasteiger partial charge in [-0.1, -0.05) is 67.0 Å². The van der Waals surface area contributed by atoms with E-state index in [1.54, 1.807) is 5.57 Å². The third kappa shape index (κ3) is 4.63. The lowest BCUT2D eigenvalue weighted by atomic mass is 9.88. The fourth-order valence-corrected chi connectivity index (χ4v) is 3.43. The molecule has 1 aliphatic carbocycles. The molecule has 1 aromatic rings. The van der Waals surface area contributed by atoms with Crippen molar-refractivity contribution in [3.63, 3.8) is 0 Å². The smallest absolute Gasteiger partial charge is 0.0459 e. The molecule has 0 unspecified atom stereocenters. The van der Waals surface area contributed by atoms with Gasteiger partial charge in [-0.15, -0.1) is 0 Å². The van der Waals surface area contributed by atoms with Crippen LogP contribution in [0.15, 0.2) is 72.0 Å². The van der Waals surface area contributed by atoms with Crippen LogP contribution in [0.25, 0.3) is 5.57 Å². The van der Waals surface area contributed by atoms with E-state index in [0.717, 1.165) is 19.3 Å². The molecule has 0 radical (unpaired) electrons. The molecule has 0 fully saturated rings. The Balaban J connectivity index is 2.01. The van der Waals surface area contributed by atoms with Gasteiger partial charge in [0.05, 0.1) is 0 Å². The SMILES string of the molecule is CCC\C=C/C1=C\Nc2ccc(C)cc2C2=C(CCC=C2)CC/C=C\1. The van der Waals surface area contributed by atoms with Gasteiger partial charge in [0.25, 0.3) is 0 Å². The lowest BCUT2D eigenvalue weighted by Crippen LogP contribution is -2.00. The van der Waals surface area contributed by atoms with Crippen LogP contribution in [0.1, 0.15) is 56.6 Å². The standard InChI is InChI=1S/C24H29N/c1-3-4-5-10-20-11-6-7-12-21-13-8-9-14-22(21)23-17-19(2)15-16-24(23)25-18-20/h5-6,9-11,14-18,25H,3-4,7-8,12-13H2,1-2H3/b10-5-,11-6-,20-18+. The molecule has 0 amide bonds. The summed E-state index contributed by atoms with van der Waals surface area (Å²) < 4.78 is 0. The first kappa shape index (κ1) is 17.5. The summed E-state index contributed by atoms with van der Waals surface area (Å²) in [5, 5.41) is 3.57. The predicted octanol–water partition coefficient (Wildman–Crippen LogP) is 7.10. The highest BCUT2D eigenvalue weighted by Crippen LogP contribution is 2.35. The topological polar surface area (TPSA) is 12.0 Å². The number of rotatable bonds is 3. The van der Waals surface area contributed by atoms with Gasteiger partial charge >= 0.3 is 0 Å². The first-order valence-electron chi connectivity index (χ1n) is 9.57. The summed E-state index contributed by atoms with van der Waals surface area (Å²) in [5.74, 6) is 0. The lowest BCUT2D eigenvalue weighted by Gasteiger charge is -2.19. The summed E-state index contributed by atoms with van der Waals surface area (Å²) in [6.07, 6.45) is 22.7. The van der Waals surface area contributed by atoms with Gasteiger partial charge in [0.1, 0.15) is 0 Å². The molecule has 1 aliphatic heterocycles. The molecule has 0 aromatic heterocycles. The lowest BCUT2D eigenvalue weighted by molar-refractivity contribution is 0.859. The van der Waals surface area contributed by atoms with Gasteiger partial charge in [-0.05, 0) is 62.3 Å². The van der Waals surface area contributed by atoms with Gasteiger partial charge in [0.2, 0.25) is 0 Å². The van der Waals surface area contributed by atoms with E-state index in [1.165, 1.54) is 47.2 Å². The molecule has 1 heteroatoms. The average molecular weight is 332 g/mol. The molecule has 2 aliphatic rings. The molecule has 0 atom stereocenters. The van der Waals surface area contributed by atoms with Crippen LogP contribution in [0, 0.1) is 6.92 Å². The van der Waals surface area contributed by atoms with E-state index >= 15 is 0 Å². The number of unbranched alkanes of at least 4 members (excludes halogenated alkanes) is 1. The van der Waals surface area contributed by atoms with Gasteiger partial charge in [-0.3, -0.25) is 0 Å².